The van der Waals surface area contributed by atoms with Gasteiger partial charge in [0.15, 0.2) is 0 Å². The largest absolute Gasteiger partial charge is 0.329 e. The summed E-state index contributed by atoms with van der Waals surface area (Å²) in [5.74, 6) is -0.299. The molecule has 108 valence electrons. The van der Waals surface area contributed by atoms with E-state index in [0.29, 0.717) is 16.4 Å². The van der Waals surface area contributed by atoms with Crippen molar-refractivity contribution in [2.75, 3.05) is 17.2 Å². The van der Waals surface area contributed by atoms with Crippen LogP contribution >= 0.6 is 11.6 Å². The molecule has 5 nitrogen and oxygen atoms in total. The lowest BCUT2D eigenvalue weighted by Gasteiger charge is -2.08. The van der Waals surface area contributed by atoms with Crippen LogP contribution in [0.3, 0.4) is 0 Å². The second kappa shape index (κ2) is 7.31. The number of carbonyl (C=O) groups excluding carboxylic acids is 2. The highest BCUT2D eigenvalue weighted by atomic mass is 35.5. The fourth-order valence-corrected chi connectivity index (χ4v) is 1.72. The highest BCUT2D eigenvalue weighted by Crippen LogP contribution is 2.13. The minimum atomic E-state index is -0.458. The van der Waals surface area contributed by atoms with E-state index in [-0.39, 0.29) is 12.5 Å². The van der Waals surface area contributed by atoms with Crippen LogP contribution in [-0.4, -0.2) is 18.5 Å². The summed E-state index contributed by atoms with van der Waals surface area (Å²) in [5.41, 5.74) is 1.28. The standard InChI is InChI=1S/C15H14ClN3O2/c16-11-6-8-13(9-7-11)19-15(21)17-10-14(20)18-12-4-2-1-3-5-12/h1-9H,10H2,(H,18,20)(H2,17,19,21). The third-order valence-electron chi connectivity index (χ3n) is 2.57. The number of halogens is 1. The highest BCUT2D eigenvalue weighted by molar-refractivity contribution is 6.30. The Morgan fingerprint density at radius 3 is 2.14 bits per heavy atom. The van der Waals surface area contributed by atoms with E-state index in [9.17, 15) is 9.59 Å². The number of nitrogens with one attached hydrogen (secondary N) is 3. The highest BCUT2D eigenvalue weighted by Gasteiger charge is 2.05. The van der Waals surface area contributed by atoms with Crippen molar-refractivity contribution >= 4 is 34.9 Å². The second-order valence-corrected chi connectivity index (χ2v) is 4.67. The fourth-order valence-electron chi connectivity index (χ4n) is 1.60. The molecule has 2 rings (SSSR count). The van der Waals surface area contributed by atoms with Gasteiger partial charge in [0.2, 0.25) is 5.91 Å². The first kappa shape index (κ1) is 14.9. The molecule has 2 aromatic carbocycles. The smallest absolute Gasteiger partial charge is 0.319 e. The van der Waals surface area contributed by atoms with Crippen LogP contribution in [0.15, 0.2) is 54.6 Å². The molecule has 0 heterocycles. The number of para-hydroxylation sites is 1. The van der Waals surface area contributed by atoms with Crippen molar-refractivity contribution in [3.05, 3.63) is 59.6 Å². The van der Waals surface area contributed by atoms with Gasteiger partial charge >= 0.3 is 6.03 Å². The van der Waals surface area contributed by atoms with Gasteiger partial charge in [-0.05, 0) is 36.4 Å². The molecule has 0 radical (unpaired) electrons. The van der Waals surface area contributed by atoms with Crippen LogP contribution in [0.4, 0.5) is 16.2 Å². The molecule has 2 aromatic rings. The second-order valence-electron chi connectivity index (χ2n) is 4.23. The lowest BCUT2D eigenvalue weighted by Crippen LogP contribution is -2.35. The summed E-state index contributed by atoms with van der Waals surface area (Å²) < 4.78 is 0. The number of amides is 3. The van der Waals surface area contributed by atoms with Crippen LogP contribution in [0.1, 0.15) is 0 Å². The van der Waals surface area contributed by atoms with E-state index in [4.69, 9.17) is 11.6 Å². The van der Waals surface area contributed by atoms with E-state index in [1.54, 1.807) is 36.4 Å². The normalized spacial score (nSPS) is 9.76. The lowest BCUT2D eigenvalue weighted by atomic mass is 10.3. The number of hydrogen-bond donors (Lipinski definition) is 3. The van der Waals surface area contributed by atoms with Gasteiger partial charge in [0, 0.05) is 16.4 Å². The molecular weight excluding hydrogens is 290 g/mol. The van der Waals surface area contributed by atoms with Crippen molar-refractivity contribution in [2.24, 2.45) is 0 Å². The third kappa shape index (κ3) is 5.16. The van der Waals surface area contributed by atoms with Crippen molar-refractivity contribution in [2.45, 2.75) is 0 Å². The number of carbonyl (C=O) groups is 2. The van der Waals surface area contributed by atoms with Crippen molar-refractivity contribution in [3.63, 3.8) is 0 Å². The molecule has 0 spiro atoms. The average molecular weight is 304 g/mol. The van der Waals surface area contributed by atoms with Gasteiger partial charge in [-0.15, -0.1) is 0 Å². The zero-order chi connectivity index (χ0) is 15.1. The summed E-state index contributed by atoms with van der Waals surface area (Å²) in [6.07, 6.45) is 0. The van der Waals surface area contributed by atoms with E-state index in [1.165, 1.54) is 0 Å². The quantitative estimate of drug-likeness (QED) is 0.812. The Bertz CT molecular complexity index is 615. The van der Waals surface area contributed by atoms with Crippen LogP contribution in [-0.2, 0) is 4.79 Å². The molecule has 0 aromatic heterocycles. The van der Waals surface area contributed by atoms with Gasteiger partial charge in [0.1, 0.15) is 0 Å². The maximum absolute atomic E-state index is 11.6. The van der Waals surface area contributed by atoms with Crippen LogP contribution < -0.4 is 16.0 Å². The molecule has 0 unspecified atom stereocenters. The Hall–Kier alpha value is -2.53. The molecular formula is C15H14ClN3O2. The first-order valence-electron chi connectivity index (χ1n) is 6.29. The molecule has 3 N–H and O–H groups in total. The van der Waals surface area contributed by atoms with Gasteiger partial charge in [-0.1, -0.05) is 29.8 Å². The monoisotopic (exact) mass is 303 g/mol. The topological polar surface area (TPSA) is 70.2 Å². The molecule has 0 atom stereocenters. The molecule has 0 saturated heterocycles. The summed E-state index contributed by atoms with van der Waals surface area (Å²) in [5, 5.41) is 8.33. The van der Waals surface area contributed by atoms with Gasteiger partial charge in [-0.25, -0.2) is 4.79 Å². The molecule has 0 saturated carbocycles. The van der Waals surface area contributed by atoms with E-state index in [2.05, 4.69) is 16.0 Å². The van der Waals surface area contributed by atoms with Crippen LogP contribution in [0.5, 0.6) is 0 Å². The zero-order valence-electron chi connectivity index (χ0n) is 11.1. The van der Waals surface area contributed by atoms with Gasteiger partial charge in [-0.2, -0.15) is 0 Å². The Kier molecular flexibility index (Phi) is 5.17. The van der Waals surface area contributed by atoms with Gasteiger partial charge in [0.05, 0.1) is 6.54 Å². The van der Waals surface area contributed by atoms with Crippen molar-refractivity contribution in [1.29, 1.82) is 0 Å². The SMILES string of the molecule is O=C(CNC(=O)Nc1ccc(Cl)cc1)Nc1ccccc1. The molecule has 3 amide bonds. The molecule has 21 heavy (non-hydrogen) atoms. The number of benzene rings is 2. The predicted molar refractivity (Wildman–Crippen MR) is 83.5 cm³/mol. The fraction of sp³-hybridized carbons (Fsp3) is 0.0667. The van der Waals surface area contributed by atoms with Crippen LogP contribution in [0.25, 0.3) is 0 Å². The summed E-state index contributed by atoms with van der Waals surface area (Å²) in [7, 11) is 0. The Morgan fingerprint density at radius 2 is 1.48 bits per heavy atom. The summed E-state index contributed by atoms with van der Waals surface area (Å²) in [4.78, 5) is 23.3. The molecule has 0 aliphatic heterocycles. The third-order valence-corrected chi connectivity index (χ3v) is 2.82. The molecule has 0 bridgehead atoms. The first-order chi connectivity index (χ1) is 10.1. The van der Waals surface area contributed by atoms with Gasteiger partial charge < -0.3 is 16.0 Å². The summed E-state index contributed by atoms with van der Waals surface area (Å²) in [6, 6.07) is 15.2. The minimum Gasteiger partial charge on any atom is -0.329 e. The molecule has 6 heteroatoms. The number of urea groups is 1. The molecule has 0 aliphatic carbocycles. The van der Waals surface area contributed by atoms with Crippen molar-refractivity contribution in [1.82, 2.24) is 5.32 Å². The Balaban J connectivity index is 1.76. The number of anilines is 2. The van der Waals surface area contributed by atoms with E-state index in [0.717, 1.165) is 0 Å². The maximum atomic E-state index is 11.6. The Morgan fingerprint density at radius 1 is 0.857 bits per heavy atom. The minimum absolute atomic E-state index is 0.117. The number of rotatable bonds is 4. The number of hydrogen-bond acceptors (Lipinski definition) is 2. The van der Waals surface area contributed by atoms with Gasteiger partial charge in [-0.3, -0.25) is 4.79 Å². The van der Waals surface area contributed by atoms with Crippen molar-refractivity contribution in [3.8, 4) is 0 Å². The molecule has 0 fully saturated rings. The van der Waals surface area contributed by atoms with E-state index >= 15 is 0 Å². The predicted octanol–water partition coefficient (Wildman–Crippen LogP) is 3.10. The average Bonchev–Trinajstić information content (AvgIpc) is 2.49. The maximum Gasteiger partial charge on any atom is 0.319 e. The Labute approximate surface area is 127 Å². The zero-order valence-corrected chi connectivity index (χ0v) is 11.9. The molecule has 0 aliphatic rings. The van der Waals surface area contributed by atoms with E-state index in [1.807, 2.05) is 18.2 Å². The first-order valence-corrected chi connectivity index (χ1v) is 6.66. The van der Waals surface area contributed by atoms with Gasteiger partial charge in [0.25, 0.3) is 0 Å². The van der Waals surface area contributed by atoms with Crippen LogP contribution in [0, 0.1) is 0 Å². The summed E-state index contributed by atoms with van der Waals surface area (Å²) >= 11 is 5.75. The summed E-state index contributed by atoms with van der Waals surface area (Å²) in [6.45, 7) is -0.117. The lowest BCUT2D eigenvalue weighted by molar-refractivity contribution is -0.115. The van der Waals surface area contributed by atoms with Crippen molar-refractivity contribution < 1.29 is 9.59 Å². The van der Waals surface area contributed by atoms with E-state index < -0.39 is 6.03 Å². The van der Waals surface area contributed by atoms with Crippen LogP contribution in [0.2, 0.25) is 5.02 Å².